The summed E-state index contributed by atoms with van der Waals surface area (Å²) in [5, 5.41) is 1.48. The molecule has 0 radical (unpaired) electrons. The van der Waals surface area contributed by atoms with E-state index in [4.69, 9.17) is 4.74 Å². The van der Waals surface area contributed by atoms with Crippen molar-refractivity contribution in [1.82, 2.24) is 0 Å². The molecule has 0 N–H and O–H groups in total. The summed E-state index contributed by atoms with van der Waals surface area (Å²) in [7, 11) is 0. The summed E-state index contributed by atoms with van der Waals surface area (Å²) in [5.41, 5.74) is 4.24. The van der Waals surface area contributed by atoms with Crippen LogP contribution in [0, 0.1) is 11.8 Å². The average Bonchev–Trinajstić information content (AvgIpc) is 2.87. The topological polar surface area (TPSA) is 35.5 Å². The first-order valence-corrected chi connectivity index (χ1v) is 11.3. The Labute approximate surface area is 207 Å². The van der Waals surface area contributed by atoms with Crippen LogP contribution >= 0.6 is 0 Å². The van der Waals surface area contributed by atoms with Crippen molar-refractivity contribution < 1.29 is 27.4 Å². The smallest absolute Gasteiger partial charge is 0.425 e. The Morgan fingerprint density at radius 3 is 2.11 bits per heavy atom. The third kappa shape index (κ3) is 6.05. The molecule has 3 nitrogen and oxygen atoms in total. The molecule has 0 aliphatic rings. The van der Waals surface area contributed by atoms with Gasteiger partial charge in [-0.15, -0.1) is 5.92 Å². The molecule has 36 heavy (non-hydrogen) atoms. The fourth-order valence-electron chi connectivity index (χ4n) is 3.59. The number of benzene rings is 4. The van der Waals surface area contributed by atoms with E-state index in [1.165, 1.54) is 12.1 Å². The highest BCUT2D eigenvalue weighted by molar-refractivity contribution is 5.95. The first-order valence-electron chi connectivity index (χ1n) is 11.3. The summed E-state index contributed by atoms with van der Waals surface area (Å²) in [6.07, 6.45) is -6.78. The molecule has 6 heteroatoms. The maximum atomic E-state index is 12.7. The van der Waals surface area contributed by atoms with Crippen LogP contribution in [-0.2, 0) is 11.3 Å². The SMILES string of the molecule is CC#Cc1ccc(-c2ccc(COc3ccc4cc(C(=O)OC(C)C(F)(F)F)ccc4c3)cc2)cc1. The summed E-state index contributed by atoms with van der Waals surface area (Å²) in [5.74, 6) is 5.54. The van der Waals surface area contributed by atoms with Crippen LogP contribution in [0.4, 0.5) is 13.2 Å². The average molecular weight is 489 g/mol. The summed E-state index contributed by atoms with van der Waals surface area (Å²) >= 11 is 0. The molecule has 0 saturated heterocycles. The highest BCUT2D eigenvalue weighted by atomic mass is 19.4. The normalized spacial score (nSPS) is 11.9. The van der Waals surface area contributed by atoms with Gasteiger partial charge in [0, 0.05) is 5.56 Å². The monoisotopic (exact) mass is 488 g/mol. The zero-order valence-corrected chi connectivity index (χ0v) is 19.7. The Balaban J connectivity index is 1.39. The van der Waals surface area contributed by atoms with E-state index in [0.717, 1.165) is 34.6 Å². The first kappa shape index (κ1) is 24.9. The molecular formula is C30H23F3O3. The van der Waals surface area contributed by atoms with Gasteiger partial charge < -0.3 is 9.47 Å². The van der Waals surface area contributed by atoms with E-state index in [0.29, 0.717) is 17.7 Å². The number of rotatable bonds is 6. The summed E-state index contributed by atoms with van der Waals surface area (Å²) in [4.78, 5) is 12.1. The van der Waals surface area contributed by atoms with Crippen LogP contribution < -0.4 is 4.74 Å². The molecule has 0 aliphatic heterocycles. The second kappa shape index (κ2) is 10.6. The predicted molar refractivity (Wildman–Crippen MR) is 134 cm³/mol. The molecule has 0 spiro atoms. The lowest BCUT2D eigenvalue weighted by Gasteiger charge is -2.16. The Morgan fingerprint density at radius 2 is 1.47 bits per heavy atom. The molecule has 1 atom stereocenters. The molecule has 0 bridgehead atoms. The molecule has 0 aliphatic carbocycles. The first-order chi connectivity index (χ1) is 17.2. The maximum absolute atomic E-state index is 12.7. The summed E-state index contributed by atoms with van der Waals surface area (Å²) in [6, 6.07) is 26.1. The van der Waals surface area contributed by atoms with Crippen molar-refractivity contribution in [2.45, 2.75) is 32.7 Å². The fraction of sp³-hybridized carbons (Fsp3) is 0.167. The van der Waals surface area contributed by atoms with Gasteiger partial charge in [0.15, 0.2) is 6.10 Å². The molecule has 4 aromatic carbocycles. The van der Waals surface area contributed by atoms with Crippen LogP contribution in [0.2, 0.25) is 0 Å². The van der Waals surface area contributed by atoms with Gasteiger partial charge in [0.2, 0.25) is 0 Å². The lowest BCUT2D eigenvalue weighted by atomic mass is 10.0. The minimum Gasteiger partial charge on any atom is -0.489 e. The Morgan fingerprint density at radius 1 is 0.861 bits per heavy atom. The van der Waals surface area contributed by atoms with Crippen molar-refractivity contribution in [3.8, 4) is 28.7 Å². The maximum Gasteiger partial charge on any atom is 0.425 e. The van der Waals surface area contributed by atoms with Crippen molar-refractivity contribution in [2.75, 3.05) is 0 Å². The third-order valence-corrected chi connectivity index (χ3v) is 5.64. The van der Waals surface area contributed by atoms with Gasteiger partial charge in [-0.2, -0.15) is 13.2 Å². The molecule has 0 fully saturated rings. The van der Waals surface area contributed by atoms with E-state index in [1.807, 2.05) is 61.5 Å². The van der Waals surface area contributed by atoms with Crippen molar-refractivity contribution >= 4 is 16.7 Å². The van der Waals surface area contributed by atoms with Crippen molar-refractivity contribution in [3.63, 3.8) is 0 Å². The van der Waals surface area contributed by atoms with E-state index in [2.05, 4.69) is 16.6 Å². The number of fused-ring (bicyclic) bond motifs is 1. The zero-order valence-electron chi connectivity index (χ0n) is 19.7. The molecule has 4 aromatic rings. The molecule has 0 saturated carbocycles. The van der Waals surface area contributed by atoms with E-state index < -0.39 is 18.2 Å². The van der Waals surface area contributed by atoms with Gasteiger partial charge in [0.05, 0.1) is 5.56 Å². The highest BCUT2D eigenvalue weighted by Gasteiger charge is 2.39. The molecule has 0 heterocycles. The Kier molecular flexibility index (Phi) is 7.30. The van der Waals surface area contributed by atoms with E-state index in [-0.39, 0.29) is 5.56 Å². The van der Waals surface area contributed by atoms with Crippen LogP contribution in [0.5, 0.6) is 5.75 Å². The number of carbonyl (C=O) groups is 1. The van der Waals surface area contributed by atoms with Gasteiger partial charge in [-0.05, 0) is 77.7 Å². The lowest BCUT2D eigenvalue weighted by Crippen LogP contribution is -2.30. The molecule has 4 rings (SSSR count). The van der Waals surface area contributed by atoms with Crippen molar-refractivity contribution in [3.05, 3.63) is 102 Å². The molecule has 182 valence electrons. The minimum absolute atomic E-state index is 0.0558. The molecule has 1 unspecified atom stereocenters. The van der Waals surface area contributed by atoms with Crippen LogP contribution in [0.15, 0.2) is 84.9 Å². The van der Waals surface area contributed by atoms with Gasteiger partial charge in [0.1, 0.15) is 12.4 Å². The molecular weight excluding hydrogens is 465 g/mol. The standard InChI is InChI=1S/C30H23F3O3/c1-3-4-21-5-9-23(10-6-21)24-11-7-22(8-12-24)19-35-28-16-15-25-17-27(14-13-26(25)18-28)29(34)36-20(2)30(31,32)33/h5-18,20H,19H2,1-2H3. The second-order valence-corrected chi connectivity index (χ2v) is 8.25. The number of hydrogen-bond donors (Lipinski definition) is 0. The van der Waals surface area contributed by atoms with E-state index >= 15 is 0 Å². The van der Waals surface area contributed by atoms with Gasteiger partial charge in [0.25, 0.3) is 0 Å². The van der Waals surface area contributed by atoms with Crippen LogP contribution in [0.1, 0.15) is 35.3 Å². The largest absolute Gasteiger partial charge is 0.489 e. The van der Waals surface area contributed by atoms with E-state index in [1.54, 1.807) is 18.2 Å². The number of ether oxygens (including phenoxy) is 2. The van der Waals surface area contributed by atoms with E-state index in [9.17, 15) is 18.0 Å². The third-order valence-electron chi connectivity index (χ3n) is 5.64. The summed E-state index contributed by atoms with van der Waals surface area (Å²) in [6.45, 7) is 2.99. The fourth-order valence-corrected chi connectivity index (χ4v) is 3.59. The Hall–Kier alpha value is -4.24. The minimum atomic E-state index is -4.60. The van der Waals surface area contributed by atoms with Gasteiger partial charge in [-0.1, -0.05) is 54.5 Å². The van der Waals surface area contributed by atoms with Gasteiger partial charge >= 0.3 is 12.1 Å². The lowest BCUT2D eigenvalue weighted by molar-refractivity contribution is -0.198. The Bertz CT molecular complexity index is 1430. The number of alkyl halides is 3. The predicted octanol–water partition coefficient (Wildman–Crippen LogP) is 7.56. The van der Waals surface area contributed by atoms with Crippen molar-refractivity contribution in [1.29, 1.82) is 0 Å². The molecule has 0 aromatic heterocycles. The van der Waals surface area contributed by atoms with Crippen LogP contribution in [-0.4, -0.2) is 18.2 Å². The number of esters is 1. The van der Waals surface area contributed by atoms with Crippen molar-refractivity contribution in [2.24, 2.45) is 0 Å². The zero-order chi connectivity index (χ0) is 25.7. The van der Waals surface area contributed by atoms with Gasteiger partial charge in [-0.25, -0.2) is 4.79 Å². The summed E-state index contributed by atoms with van der Waals surface area (Å²) < 4.78 is 48.4. The second-order valence-electron chi connectivity index (χ2n) is 8.25. The quantitative estimate of drug-likeness (QED) is 0.207. The van der Waals surface area contributed by atoms with Crippen LogP contribution in [0.25, 0.3) is 21.9 Å². The van der Waals surface area contributed by atoms with Gasteiger partial charge in [-0.3, -0.25) is 0 Å². The number of hydrogen-bond acceptors (Lipinski definition) is 3. The highest BCUT2D eigenvalue weighted by Crippen LogP contribution is 2.26. The number of carbonyl (C=O) groups excluding carboxylic acids is 1. The number of halogens is 3. The van der Waals surface area contributed by atoms with Crippen LogP contribution in [0.3, 0.4) is 0 Å². The molecule has 0 amide bonds.